The van der Waals surface area contributed by atoms with Crippen molar-refractivity contribution in [3.05, 3.63) is 64.7 Å². The van der Waals surface area contributed by atoms with Crippen LogP contribution in [-0.4, -0.2) is 36.1 Å². The number of nitrogens with two attached hydrogens (primary N) is 1. The molecule has 3 N–H and O–H groups in total. The van der Waals surface area contributed by atoms with E-state index in [-0.39, 0.29) is 17.5 Å². The molecule has 0 fully saturated rings. The van der Waals surface area contributed by atoms with E-state index in [9.17, 15) is 14.7 Å². The van der Waals surface area contributed by atoms with Crippen LogP contribution in [0.15, 0.2) is 48.5 Å². The van der Waals surface area contributed by atoms with Gasteiger partial charge in [0.05, 0.1) is 19.6 Å². The molecule has 138 valence electrons. The molecule has 5 nitrogen and oxygen atoms in total. The molecule has 0 amide bonds. The molecule has 0 bridgehead atoms. The highest BCUT2D eigenvalue weighted by atomic mass is 35.5. The quantitative estimate of drug-likeness (QED) is 0.520. The Kier molecular flexibility index (Phi) is 7.63. The average Bonchev–Trinajstić information content (AvgIpc) is 2.63. The topological polar surface area (TPSA) is 80.2 Å². The van der Waals surface area contributed by atoms with Gasteiger partial charge in [-0.1, -0.05) is 23.7 Å². The predicted molar refractivity (Wildman–Crippen MR) is 99.4 cm³/mol. The van der Waals surface area contributed by atoms with E-state index in [0.717, 1.165) is 5.56 Å². The Morgan fingerprint density at radius 1 is 1.12 bits per heavy atom. The lowest BCUT2D eigenvalue weighted by Crippen LogP contribution is -2.92. The number of Topliss-reactive ketones (excluding diaryl/α,β-unsaturated/α-hetero) is 1. The number of ether oxygens (including phenoxy) is 1. The largest absolute Gasteiger partial charge is 0.508 e. The van der Waals surface area contributed by atoms with Gasteiger partial charge in [-0.05, 0) is 48.9 Å². The van der Waals surface area contributed by atoms with Gasteiger partial charge in [0.25, 0.3) is 0 Å². The zero-order chi connectivity index (χ0) is 18.9. The summed E-state index contributed by atoms with van der Waals surface area (Å²) in [7, 11) is 0. The van der Waals surface area contributed by atoms with Crippen molar-refractivity contribution in [1.82, 2.24) is 0 Å². The van der Waals surface area contributed by atoms with Gasteiger partial charge in [-0.15, -0.1) is 0 Å². The highest BCUT2D eigenvalue weighted by Crippen LogP contribution is 2.12. The van der Waals surface area contributed by atoms with Gasteiger partial charge in [0.1, 0.15) is 5.75 Å². The first kappa shape index (κ1) is 19.9. The smallest absolute Gasteiger partial charge is 0.365 e. The Bertz CT molecular complexity index is 728. The van der Waals surface area contributed by atoms with Crippen LogP contribution < -0.4 is 5.32 Å². The summed E-state index contributed by atoms with van der Waals surface area (Å²) in [5, 5.41) is 11.8. The van der Waals surface area contributed by atoms with E-state index in [1.54, 1.807) is 55.5 Å². The molecule has 0 aliphatic rings. The minimum atomic E-state index is -0.433. The molecule has 1 atom stereocenters. The Labute approximate surface area is 157 Å². The maximum atomic E-state index is 12.2. The zero-order valence-electron chi connectivity index (χ0n) is 14.7. The highest BCUT2D eigenvalue weighted by molar-refractivity contribution is 6.30. The summed E-state index contributed by atoms with van der Waals surface area (Å²) in [6.07, 6.45) is 0.779. The molecule has 2 rings (SSSR count). The van der Waals surface area contributed by atoms with Crippen molar-refractivity contribution in [2.75, 3.05) is 13.2 Å². The SMILES string of the molecule is CCOC(=O)[C@H](Cc1ccc(O)cc1)[NH2+]CCC(=O)c1ccc(Cl)cc1. The van der Waals surface area contributed by atoms with Gasteiger partial charge in [-0.2, -0.15) is 0 Å². The van der Waals surface area contributed by atoms with E-state index in [4.69, 9.17) is 16.3 Å². The molecular weight excluding hydrogens is 354 g/mol. The molecule has 0 aliphatic heterocycles. The van der Waals surface area contributed by atoms with Crippen LogP contribution in [0, 0.1) is 0 Å². The van der Waals surface area contributed by atoms with E-state index in [1.165, 1.54) is 0 Å². The number of carbonyl (C=O) groups is 2. The third-order valence-corrected chi connectivity index (χ3v) is 4.22. The average molecular weight is 377 g/mol. The van der Waals surface area contributed by atoms with Crippen molar-refractivity contribution >= 4 is 23.4 Å². The van der Waals surface area contributed by atoms with Crippen molar-refractivity contribution < 1.29 is 24.7 Å². The van der Waals surface area contributed by atoms with Gasteiger partial charge < -0.3 is 15.2 Å². The van der Waals surface area contributed by atoms with E-state index in [0.29, 0.717) is 36.6 Å². The van der Waals surface area contributed by atoms with Gasteiger partial charge in [0, 0.05) is 17.0 Å². The molecule has 0 saturated heterocycles. The molecule has 0 spiro atoms. The van der Waals surface area contributed by atoms with E-state index < -0.39 is 6.04 Å². The van der Waals surface area contributed by atoms with Crippen LogP contribution in [-0.2, 0) is 16.0 Å². The Morgan fingerprint density at radius 2 is 1.77 bits per heavy atom. The van der Waals surface area contributed by atoms with Crippen molar-refractivity contribution in [3.63, 3.8) is 0 Å². The number of halogens is 1. The van der Waals surface area contributed by atoms with Crippen LogP contribution in [0.1, 0.15) is 29.3 Å². The zero-order valence-corrected chi connectivity index (χ0v) is 15.4. The van der Waals surface area contributed by atoms with E-state index in [1.807, 2.05) is 5.32 Å². The third kappa shape index (κ3) is 6.17. The Balaban J connectivity index is 1.93. The lowest BCUT2D eigenvalue weighted by molar-refractivity contribution is -0.676. The maximum absolute atomic E-state index is 12.2. The molecule has 0 aliphatic carbocycles. The number of carbonyl (C=O) groups excluding carboxylic acids is 2. The molecule has 2 aromatic carbocycles. The Hall–Kier alpha value is -2.37. The standard InChI is InChI=1S/C20H22ClNO4/c1-2-26-20(25)18(13-14-3-9-17(23)10-4-14)22-12-11-19(24)15-5-7-16(21)8-6-15/h3-10,18,22-23H,2,11-13H2,1H3/p+1/t18-/m0/s1. The third-order valence-electron chi connectivity index (χ3n) is 3.97. The molecule has 26 heavy (non-hydrogen) atoms. The van der Waals surface area contributed by atoms with Crippen molar-refractivity contribution in [2.45, 2.75) is 25.8 Å². The minimum absolute atomic E-state index is 0.00478. The van der Waals surface area contributed by atoms with Crippen molar-refractivity contribution in [3.8, 4) is 5.75 Å². The maximum Gasteiger partial charge on any atom is 0.365 e. The van der Waals surface area contributed by atoms with Crippen LogP contribution in [0.25, 0.3) is 0 Å². The fourth-order valence-corrected chi connectivity index (χ4v) is 2.72. The van der Waals surface area contributed by atoms with E-state index >= 15 is 0 Å². The Morgan fingerprint density at radius 3 is 2.38 bits per heavy atom. The summed E-state index contributed by atoms with van der Waals surface area (Å²) in [5.74, 6) is -0.122. The fourth-order valence-electron chi connectivity index (χ4n) is 2.59. The summed E-state index contributed by atoms with van der Waals surface area (Å²) >= 11 is 5.83. The number of ketones is 1. The van der Waals surface area contributed by atoms with Crippen molar-refractivity contribution in [2.24, 2.45) is 0 Å². The molecule has 0 radical (unpaired) electrons. The first-order valence-electron chi connectivity index (χ1n) is 8.56. The number of benzene rings is 2. The minimum Gasteiger partial charge on any atom is -0.508 e. The van der Waals surface area contributed by atoms with E-state index in [2.05, 4.69) is 0 Å². The monoisotopic (exact) mass is 376 g/mol. The number of phenols is 1. The van der Waals surface area contributed by atoms with Crippen LogP contribution in [0.2, 0.25) is 5.02 Å². The number of phenolic OH excluding ortho intramolecular Hbond substituents is 1. The summed E-state index contributed by atoms with van der Waals surface area (Å²) in [6, 6.07) is 13.0. The molecule has 2 aromatic rings. The van der Waals surface area contributed by atoms with Crippen LogP contribution in [0.3, 0.4) is 0 Å². The van der Waals surface area contributed by atoms with Gasteiger partial charge in [0.15, 0.2) is 11.8 Å². The second-order valence-corrected chi connectivity index (χ2v) is 6.37. The lowest BCUT2D eigenvalue weighted by atomic mass is 10.0. The highest BCUT2D eigenvalue weighted by Gasteiger charge is 2.24. The van der Waals surface area contributed by atoms with Crippen LogP contribution in [0.5, 0.6) is 5.75 Å². The molecule has 0 aromatic heterocycles. The van der Waals surface area contributed by atoms with Gasteiger partial charge >= 0.3 is 5.97 Å². The first-order valence-corrected chi connectivity index (χ1v) is 8.94. The normalized spacial score (nSPS) is 11.8. The van der Waals surface area contributed by atoms with Crippen LogP contribution >= 0.6 is 11.6 Å². The molecule has 6 heteroatoms. The van der Waals surface area contributed by atoms with Gasteiger partial charge in [0.2, 0.25) is 0 Å². The van der Waals surface area contributed by atoms with Crippen molar-refractivity contribution in [1.29, 1.82) is 0 Å². The fraction of sp³-hybridized carbons (Fsp3) is 0.300. The molecular formula is C20H23ClNO4+. The first-order chi connectivity index (χ1) is 12.5. The number of rotatable bonds is 9. The summed E-state index contributed by atoms with van der Waals surface area (Å²) in [4.78, 5) is 24.4. The van der Waals surface area contributed by atoms with Crippen LogP contribution in [0.4, 0.5) is 0 Å². The summed E-state index contributed by atoms with van der Waals surface area (Å²) in [6.45, 7) is 2.55. The molecule has 0 unspecified atom stereocenters. The predicted octanol–water partition coefficient (Wildman–Crippen LogP) is 2.36. The molecule has 0 saturated carbocycles. The van der Waals surface area contributed by atoms with Gasteiger partial charge in [-0.25, -0.2) is 4.79 Å². The number of aromatic hydroxyl groups is 1. The number of hydrogen-bond acceptors (Lipinski definition) is 4. The summed E-state index contributed by atoms with van der Waals surface area (Å²) < 4.78 is 5.14. The number of quaternary nitrogens is 1. The number of hydrogen-bond donors (Lipinski definition) is 2. The second kappa shape index (κ2) is 9.94. The summed E-state index contributed by atoms with van der Waals surface area (Å²) in [5.41, 5.74) is 1.52. The van der Waals surface area contributed by atoms with Gasteiger partial charge in [-0.3, -0.25) is 4.79 Å². The molecule has 0 heterocycles. The second-order valence-electron chi connectivity index (χ2n) is 5.93. The lowest BCUT2D eigenvalue weighted by Gasteiger charge is -2.14. The number of esters is 1.